The van der Waals surface area contributed by atoms with Gasteiger partial charge in [-0.25, -0.2) is 4.79 Å². The van der Waals surface area contributed by atoms with Gasteiger partial charge in [-0.1, -0.05) is 12.1 Å². The van der Waals surface area contributed by atoms with Gasteiger partial charge < -0.3 is 14.6 Å². The Bertz CT molecular complexity index is 750. The SMILES string of the molecule is C[C@H](C(=O)O)c1cccc(Oc2ccc3c(c2)COC3=O)c1. The number of carboxylic acids is 1. The minimum absolute atomic E-state index is 0.251. The van der Waals surface area contributed by atoms with E-state index in [2.05, 4.69) is 0 Å². The first-order chi connectivity index (χ1) is 10.5. The highest BCUT2D eigenvalue weighted by atomic mass is 16.5. The van der Waals surface area contributed by atoms with Crippen molar-refractivity contribution in [2.75, 3.05) is 0 Å². The molecule has 1 N–H and O–H groups in total. The van der Waals surface area contributed by atoms with E-state index >= 15 is 0 Å². The van der Waals surface area contributed by atoms with Crippen molar-refractivity contribution >= 4 is 11.9 Å². The summed E-state index contributed by atoms with van der Waals surface area (Å²) in [5.41, 5.74) is 2.02. The molecule has 5 heteroatoms. The average Bonchev–Trinajstić information content (AvgIpc) is 2.87. The summed E-state index contributed by atoms with van der Waals surface area (Å²) >= 11 is 0. The highest BCUT2D eigenvalue weighted by Gasteiger charge is 2.21. The Kier molecular flexibility index (Phi) is 3.55. The average molecular weight is 298 g/mol. The lowest BCUT2D eigenvalue weighted by atomic mass is 10.0. The summed E-state index contributed by atoms with van der Waals surface area (Å²) in [5.74, 6) is -0.674. The van der Waals surface area contributed by atoms with E-state index in [0.29, 0.717) is 22.6 Å². The van der Waals surface area contributed by atoms with E-state index in [1.54, 1.807) is 49.4 Å². The summed E-state index contributed by atoms with van der Waals surface area (Å²) in [5, 5.41) is 9.06. The lowest BCUT2D eigenvalue weighted by Gasteiger charge is -2.10. The van der Waals surface area contributed by atoms with E-state index in [-0.39, 0.29) is 12.6 Å². The lowest BCUT2D eigenvalue weighted by Crippen LogP contribution is -2.07. The molecule has 2 aromatic carbocycles. The van der Waals surface area contributed by atoms with Crippen molar-refractivity contribution in [3.8, 4) is 11.5 Å². The second-order valence-electron chi connectivity index (χ2n) is 5.13. The summed E-state index contributed by atoms with van der Waals surface area (Å²) in [6.45, 7) is 1.88. The molecule has 0 bridgehead atoms. The molecule has 1 aliphatic heterocycles. The number of carbonyl (C=O) groups is 2. The van der Waals surface area contributed by atoms with Crippen LogP contribution in [0.25, 0.3) is 0 Å². The molecule has 1 heterocycles. The largest absolute Gasteiger partial charge is 0.481 e. The van der Waals surface area contributed by atoms with Gasteiger partial charge in [0.05, 0.1) is 11.5 Å². The van der Waals surface area contributed by atoms with E-state index in [0.717, 1.165) is 5.56 Å². The molecule has 0 saturated carbocycles. The topological polar surface area (TPSA) is 72.8 Å². The number of esters is 1. The summed E-state index contributed by atoms with van der Waals surface area (Å²) in [6, 6.07) is 12.1. The molecule has 0 unspecified atom stereocenters. The fourth-order valence-electron chi connectivity index (χ4n) is 2.30. The second kappa shape index (κ2) is 5.52. The van der Waals surface area contributed by atoms with Crippen LogP contribution in [0.2, 0.25) is 0 Å². The van der Waals surface area contributed by atoms with Crippen molar-refractivity contribution in [3.05, 3.63) is 59.2 Å². The first kappa shape index (κ1) is 14.1. The number of carbonyl (C=O) groups excluding carboxylic acids is 1. The number of hydrogen-bond donors (Lipinski definition) is 1. The van der Waals surface area contributed by atoms with E-state index in [4.69, 9.17) is 14.6 Å². The molecular weight excluding hydrogens is 284 g/mol. The van der Waals surface area contributed by atoms with Crippen LogP contribution in [0.15, 0.2) is 42.5 Å². The van der Waals surface area contributed by atoms with Crippen LogP contribution in [0.3, 0.4) is 0 Å². The number of cyclic esters (lactones) is 1. The summed E-state index contributed by atoms with van der Waals surface area (Å²) in [7, 11) is 0. The number of benzene rings is 2. The van der Waals surface area contributed by atoms with Crippen molar-refractivity contribution in [2.24, 2.45) is 0 Å². The molecule has 3 rings (SSSR count). The van der Waals surface area contributed by atoms with Crippen LogP contribution < -0.4 is 4.74 Å². The minimum atomic E-state index is -0.884. The Labute approximate surface area is 127 Å². The Morgan fingerprint density at radius 2 is 2.00 bits per heavy atom. The highest BCUT2D eigenvalue weighted by molar-refractivity contribution is 5.93. The molecule has 0 spiro atoms. The van der Waals surface area contributed by atoms with Gasteiger partial charge in [-0.15, -0.1) is 0 Å². The van der Waals surface area contributed by atoms with Gasteiger partial charge in [0.2, 0.25) is 0 Å². The summed E-state index contributed by atoms with van der Waals surface area (Å²) in [6.07, 6.45) is 0. The van der Waals surface area contributed by atoms with Gasteiger partial charge >= 0.3 is 11.9 Å². The molecule has 2 aromatic rings. The predicted molar refractivity (Wildman–Crippen MR) is 78.1 cm³/mol. The molecular formula is C17H14O5. The van der Waals surface area contributed by atoms with Crippen molar-refractivity contribution in [1.29, 1.82) is 0 Å². The Hall–Kier alpha value is -2.82. The third-order valence-electron chi connectivity index (χ3n) is 3.62. The maximum Gasteiger partial charge on any atom is 0.338 e. The van der Waals surface area contributed by atoms with Crippen LogP contribution in [0.5, 0.6) is 11.5 Å². The van der Waals surface area contributed by atoms with Gasteiger partial charge in [0, 0.05) is 5.56 Å². The maximum atomic E-state index is 11.4. The third kappa shape index (κ3) is 2.65. The van der Waals surface area contributed by atoms with Crippen molar-refractivity contribution in [1.82, 2.24) is 0 Å². The van der Waals surface area contributed by atoms with Crippen LogP contribution in [0.1, 0.15) is 34.3 Å². The third-order valence-corrected chi connectivity index (χ3v) is 3.62. The number of carboxylic acid groups (broad SMARTS) is 1. The standard InChI is InChI=1S/C17H14O5/c1-10(16(18)19)11-3-2-4-13(7-11)22-14-5-6-15-12(8-14)9-21-17(15)20/h2-8,10H,9H2,1H3,(H,18,19)/t10-/m0/s1. The number of ether oxygens (including phenoxy) is 2. The van der Waals surface area contributed by atoms with Crippen LogP contribution in [0, 0.1) is 0 Å². The first-order valence-electron chi connectivity index (χ1n) is 6.85. The molecule has 0 saturated heterocycles. The molecule has 112 valence electrons. The fraction of sp³-hybridized carbons (Fsp3) is 0.176. The smallest absolute Gasteiger partial charge is 0.338 e. The normalized spacial score (nSPS) is 14.1. The molecule has 0 amide bonds. The molecule has 0 fully saturated rings. The van der Waals surface area contributed by atoms with Crippen LogP contribution in [0.4, 0.5) is 0 Å². The predicted octanol–water partition coefficient (Wildman–Crippen LogP) is 3.34. The zero-order chi connectivity index (χ0) is 15.7. The highest BCUT2D eigenvalue weighted by Crippen LogP contribution is 2.29. The zero-order valence-corrected chi connectivity index (χ0v) is 11.9. The molecule has 1 atom stereocenters. The second-order valence-corrected chi connectivity index (χ2v) is 5.13. The monoisotopic (exact) mass is 298 g/mol. The van der Waals surface area contributed by atoms with E-state index < -0.39 is 11.9 Å². The molecule has 0 aliphatic carbocycles. The van der Waals surface area contributed by atoms with Gasteiger partial charge in [0.25, 0.3) is 0 Å². The van der Waals surface area contributed by atoms with Crippen LogP contribution in [-0.2, 0) is 16.1 Å². The zero-order valence-electron chi connectivity index (χ0n) is 11.9. The van der Waals surface area contributed by atoms with Gasteiger partial charge in [-0.2, -0.15) is 0 Å². The number of hydrogen-bond acceptors (Lipinski definition) is 4. The van der Waals surface area contributed by atoms with Crippen LogP contribution in [-0.4, -0.2) is 17.0 Å². The molecule has 1 aliphatic rings. The van der Waals surface area contributed by atoms with Crippen LogP contribution >= 0.6 is 0 Å². The molecule has 5 nitrogen and oxygen atoms in total. The number of aliphatic carboxylic acids is 1. The van der Waals surface area contributed by atoms with Gasteiger partial charge in [0.1, 0.15) is 18.1 Å². The van der Waals surface area contributed by atoms with Gasteiger partial charge in [-0.05, 0) is 42.8 Å². The van der Waals surface area contributed by atoms with E-state index in [9.17, 15) is 9.59 Å². The Morgan fingerprint density at radius 3 is 2.77 bits per heavy atom. The molecule has 0 radical (unpaired) electrons. The van der Waals surface area contributed by atoms with E-state index in [1.165, 1.54) is 0 Å². The Balaban J connectivity index is 1.83. The quantitative estimate of drug-likeness (QED) is 0.876. The lowest BCUT2D eigenvalue weighted by molar-refractivity contribution is -0.138. The maximum absolute atomic E-state index is 11.4. The van der Waals surface area contributed by atoms with Crippen molar-refractivity contribution < 1.29 is 24.2 Å². The fourth-order valence-corrected chi connectivity index (χ4v) is 2.30. The minimum Gasteiger partial charge on any atom is -0.481 e. The van der Waals surface area contributed by atoms with Gasteiger partial charge in [0.15, 0.2) is 0 Å². The Morgan fingerprint density at radius 1 is 1.23 bits per heavy atom. The number of fused-ring (bicyclic) bond motifs is 1. The summed E-state index contributed by atoms with van der Waals surface area (Å²) < 4.78 is 10.7. The molecule has 22 heavy (non-hydrogen) atoms. The van der Waals surface area contributed by atoms with Crippen molar-refractivity contribution in [2.45, 2.75) is 19.4 Å². The number of rotatable bonds is 4. The molecule has 0 aromatic heterocycles. The summed E-state index contributed by atoms with van der Waals surface area (Å²) in [4.78, 5) is 22.4. The van der Waals surface area contributed by atoms with Crippen molar-refractivity contribution in [3.63, 3.8) is 0 Å². The first-order valence-corrected chi connectivity index (χ1v) is 6.85. The van der Waals surface area contributed by atoms with Gasteiger partial charge in [-0.3, -0.25) is 4.79 Å². The van der Waals surface area contributed by atoms with E-state index in [1.807, 2.05) is 0 Å².